The summed E-state index contributed by atoms with van der Waals surface area (Å²) in [7, 11) is 0. The average molecular weight is 382 g/mol. The third kappa shape index (κ3) is 6.87. The van der Waals surface area contributed by atoms with E-state index in [4.69, 9.17) is 4.74 Å². The second-order valence-corrected chi connectivity index (χ2v) is 6.51. The lowest BCUT2D eigenvalue weighted by Gasteiger charge is -2.10. The number of ketones is 1. The number of carbonyl (C=O) groups excluding carboxylic acids is 3. The van der Waals surface area contributed by atoms with Gasteiger partial charge < -0.3 is 15.4 Å². The predicted octanol–water partition coefficient (Wildman–Crippen LogP) is 4.14. The molecule has 6 heteroatoms. The fourth-order valence-corrected chi connectivity index (χ4v) is 2.51. The van der Waals surface area contributed by atoms with E-state index in [9.17, 15) is 14.4 Å². The van der Waals surface area contributed by atoms with Gasteiger partial charge in [-0.25, -0.2) is 4.79 Å². The topological polar surface area (TPSA) is 84.5 Å². The zero-order chi connectivity index (χ0) is 20.4. The molecule has 0 aliphatic carbocycles. The van der Waals surface area contributed by atoms with E-state index in [2.05, 4.69) is 24.5 Å². The Balaban J connectivity index is 1.67. The molecular formula is C22H26N2O4. The molecule has 0 radical (unpaired) electrons. The van der Waals surface area contributed by atoms with Crippen molar-refractivity contribution in [2.75, 3.05) is 18.5 Å². The molecule has 2 N–H and O–H groups in total. The molecule has 0 heterocycles. The lowest BCUT2D eigenvalue weighted by Crippen LogP contribution is -2.31. The summed E-state index contributed by atoms with van der Waals surface area (Å²) in [6, 6.07) is 15.9. The van der Waals surface area contributed by atoms with E-state index < -0.39 is 12.0 Å². The highest BCUT2D eigenvalue weighted by Crippen LogP contribution is 2.19. The van der Waals surface area contributed by atoms with E-state index in [1.807, 2.05) is 30.3 Å². The molecule has 2 amide bonds. The quantitative estimate of drug-likeness (QED) is 0.504. The summed E-state index contributed by atoms with van der Waals surface area (Å²) >= 11 is 0. The number of urea groups is 1. The number of para-hydroxylation sites is 1. The summed E-state index contributed by atoms with van der Waals surface area (Å²) in [4.78, 5) is 35.6. The summed E-state index contributed by atoms with van der Waals surface area (Å²) < 4.78 is 5.00. The maximum atomic E-state index is 12.1. The van der Waals surface area contributed by atoms with Crippen LogP contribution in [0.25, 0.3) is 0 Å². The Morgan fingerprint density at radius 2 is 1.68 bits per heavy atom. The molecule has 0 aliphatic rings. The monoisotopic (exact) mass is 382 g/mol. The van der Waals surface area contributed by atoms with Crippen molar-refractivity contribution in [3.05, 3.63) is 65.7 Å². The molecule has 0 saturated carbocycles. The standard InChI is InChI=1S/C22H26N2O4/c1-3-16(2)17-9-11-18(12-10-17)20(25)15-28-21(26)13-14-23-22(27)24-19-7-5-4-6-8-19/h4-12,16H,3,13-15H2,1-2H3,(H2,23,24,27)/t16-/m0/s1. The first kappa shape index (κ1) is 21.2. The molecule has 0 fully saturated rings. The van der Waals surface area contributed by atoms with Crippen LogP contribution in [0.3, 0.4) is 0 Å². The zero-order valence-corrected chi connectivity index (χ0v) is 16.2. The number of hydrogen-bond acceptors (Lipinski definition) is 4. The van der Waals surface area contributed by atoms with Gasteiger partial charge in [-0.3, -0.25) is 9.59 Å². The molecular weight excluding hydrogens is 356 g/mol. The van der Waals surface area contributed by atoms with Crippen molar-refractivity contribution in [1.29, 1.82) is 0 Å². The number of anilines is 1. The number of nitrogens with one attached hydrogen (secondary N) is 2. The van der Waals surface area contributed by atoms with Crippen LogP contribution in [-0.2, 0) is 9.53 Å². The Hall–Kier alpha value is -3.15. The first-order valence-corrected chi connectivity index (χ1v) is 9.38. The van der Waals surface area contributed by atoms with Crippen LogP contribution in [0, 0.1) is 0 Å². The van der Waals surface area contributed by atoms with Crippen LogP contribution in [0.1, 0.15) is 48.5 Å². The van der Waals surface area contributed by atoms with Gasteiger partial charge in [0.05, 0.1) is 6.42 Å². The molecule has 2 aromatic carbocycles. The van der Waals surface area contributed by atoms with Crippen LogP contribution < -0.4 is 10.6 Å². The summed E-state index contributed by atoms with van der Waals surface area (Å²) in [5, 5.41) is 5.22. The van der Waals surface area contributed by atoms with Gasteiger partial charge in [-0.15, -0.1) is 0 Å². The van der Waals surface area contributed by atoms with Gasteiger partial charge in [-0.05, 0) is 30.0 Å². The highest BCUT2D eigenvalue weighted by atomic mass is 16.5. The van der Waals surface area contributed by atoms with Crippen molar-refractivity contribution in [2.45, 2.75) is 32.6 Å². The van der Waals surface area contributed by atoms with Crippen molar-refractivity contribution in [3.8, 4) is 0 Å². The van der Waals surface area contributed by atoms with Crippen molar-refractivity contribution in [1.82, 2.24) is 5.32 Å². The van der Waals surface area contributed by atoms with Crippen LogP contribution >= 0.6 is 0 Å². The number of hydrogen-bond donors (Lipinski definition) is 2. The maximum absolute atomic E-state index is 12.1. The Kier molecular flexibility index (Phi) is 8.21. The second-order valence-electron chi connectivity index (χ2n) is 6.51. The van der Waals surface area contributed by atoms with Crippen LogP contribution in [0.5, 0.6) is 0 Å². The molecule has 0 aromatic heterocycles. The van der Waals surface area contributed by atoms with E-state index in [-0.39, 0.29) is 25.4 Å². The molecule has 0 saturated heterocycles. The number of rotatable bonds is 9. The number of carbonyl (C=O) groups is 3. The normalized spacial score (nSPS) is 11.4. The van der Waals surface area contributed by atoms with E-state index in [1.165, 1.54) is 5.56 Å². The predicted molar refractivity (Wildman–Crippen MR) is 109 cm³/mol. The van der Waals surface area contributed by atoms with Gasteiger partial charge in [0.1, 0.15) is 0 Å². The van der Waals surface area contributed by atoms with Gasteiger partial charge in [0.15, 0.2) is 12.4 Å². The molecule has 1 atom stereocenters. The lowest BCUT2D eigenvalue weighted by atomic mass is 9.97. The maximum Gasteiger partial charge on any atom is 0.319 e. The van der Waals surface area contributed by atoms with Crippen molar-refractivity contribution in [3.63, 3.8) is 0 Å². The Morgan fingerprint density at radius 3 is 2.32 bits per heavy atom. The minimum atomic E-state index is -0.537. The van der Waals surface area contributed by atoms with Gasteiger partial charge >= 0.3 is 12.0 Å². The highest BCUT2D eigenvalue weighted by Gasteiger charge is 2.11. The average Bonchev–Trinajstić information content (AvgIpc) is 2.72. The van der Waals surface area contributed by atoms with Crippen molar-refractivity contribution < 1.29 is 19.1 Å². The lowest BCUT2D eigenvalue weighted by molar-refractivity contribution is -0.142. The second kappa shape index (κ2) is 10.9. The molecule has 0 unspecified atom stereocenters. The van der Waals surface area contributed by atoms with Gasteiger partial charge in [0, 0.05) is 17.8 Å². The fraction of sp³-hybridized carbons (Fsp3) is 0.318. The van der Waals surface area contributed by atoms with Gasteiger partial charge in [0.2, 0.25) is 0 Å². The molecule has 148 valence electrons. The number of benzene rings is 2. The van der Waals surface area contributed by atoms with Crippen LogP contribution in [0.4, 0.5) is 10.5 Å². The SMILES string of the molecule is CC[C@H](C)c1ccc(C(=O)COC(=O)CCNC(=O)Nc2ccccc2)cc1. The van der Waals surface area contributed by atoms with E-state index in [1.54, 1.807) is 24.3 Å². The van der Waals surface area contributed by atoms with Crippen LogP contribution in [0.2, 0.25) is 0 Å². The fourth-order valence-electron chi connectivity index (χ4n) is 2.51. The molecule has 2 rings (SSSR count). The number of esters is 1. The Morgan fingerprint density at radius 1 is 1.00 bits per heavy atom. The van der Waals surface area contributed by atoms with E-state index in [0.29, 0.717) is 17.2 Å². The summed E-state index contributed by atoms with van der Waals surface area (Å²) in [6.45, 7) is 4.06. The Bertz CT molecular complexity index is 788. The minimum absolute atomic E-state index is 0.0115. The minimum Gasteiger partial charge on any atom is -0.457 e. The molecule has 0 bridgehead atoms. The molecule has 2 aromatic rings. The molecule has 0 spiro atoms. The molecule has 0 aliphatic heterocycles. The Labute approximate surface area is 165 Å². The third-order valence-electron chi connectivity index (χ3n) is 4.42. The van der Waals surface area contributed by atoms with Gasteiger partial charge in [0.25, 0.3) is 0 Å². The zero-order valence-electron chi connectivity index (χ0n) is 16.2. The van der Waals surface area contributed by atoms with Crippen LogP contribution in [0.15, 0.2) is 54.6 Å². The summed E-state index contributed by atoms with van der Waals surface area (Å²) in [5.41, 5.74) is 2.35. The van der Waals surface area contributed by atoms with E-state index in [0.717, 1.165) is 6.42 Å². The summed E-state index contributed by atoms with van der Waals surface area (Å²) in [6.07, 6.45) is 1.02. The van der Waals surface area contributed by atoms with Crippen molar-refractivity contribution in [2.24, 2.45) is 0 Å². The largest absolute Gasteiger partial charge is 0.457 e. The highest BCUT2D eigenvalue weighted by molar-refractivity contribution is 5.98. The summed E-state index contributed by atoms with van der Waals surface area (Å²) in [5.74, 6) is -0.350. The molecule has 28 heavy (non-hydrogen) atoms. The van der Waals surface area contributed by atoms with Crippen molar-refractivity contribution >= 4 is 23.5 Å². The third-order valence-corrected chi connectivity index (χ3v) is 4.42. The molecule has 6 nitrogen and oxygen atoms in total. The number of amides is 2. The van der Waals surface area contributed by atoms with Gasteiger partial charge in [-0.2, -0.15) is 0 Å². The first-order chi connectivity index (χ1) is 13.5. The number of ether oxygens (including phenoxy) is 1. The first-order valence-electron chi connectivity index (χ1n) is 9.38. The van der Waals surface area contributed by atoms with Gasteiger partial charge in [-0.1, -0.05) is 56.3 Å². The number of Topliss-reactive ketones (excluding diaryl/α,β-unsaturated/α-hetero) is 1. The smallest absolute Gasteiger partial charge is 0.319 e. The van der Waals surface area contributed by atoms with Crippen LogP contribution in [-0.4, -0.2) is 30.9 Å². The van der Waals surface area contributed by atoms with E-state index >= 15 is 0 Å².